The van der Waals surface area contributed by atoms with E-state index < -0.39 is 0 Å². The zero-order valence-electron chi connectivity index (χ0n) is 10.8. The molecule has 100 valence electrons. The first-order valence-electron chi connectivity index (χ1n) is 6.71. The molecule has 3 rings (SSSR count). The molecule has 0 amide bonds. The quantitative estimate of drug-likeness (QED) is 0.874. The molecule has 4 nitrogen and oxygen atoms in total. The van der Waals surface area contributed by atoms with Crippen LogP contribution in [-0.4, -0.2) is 32.8 Å². The van der Waals surface area contributed by atoms with Gasteiger partial charge >= 0.3 is 0 Å². The first-order valence-corrected chi connectivity index (χ1v) is 7.11. The topological polar surface area (TPSA) is 36.9 Å². The molecule has 5 heteroatoms. The molecule has 0 radical (unpaired) electrons. The van der Waals surface area contributed by atoms with Crippen LogP contribution in [0.25, 0.3) is 0 Å². The number of hydrogen-bond acceptors (Lipinski definition) is 3. The summed E-state index contributed by atoms with van der Waals surface area (Å²) in [4.78, 5) is 2.51. The molecule has 0 unspecified atom stereocenters. The van der Waals surface area contributed by atoms with E-state index in [1.165, 1.54) is 5.56 Å². The summed E-state index contributed by atoms with van der Waals surface area (Å²) in [6.07, 6.45) is 4.10. The molecule has 19 heavy (non-hydrogen) atoms. The number of H-pyrrole nitrogens is 1. The average molecular weight is 274 g/mol. The van der Waals surface area contributed by atoms with Crippen LogP contribution in [0.1, 0.15) is 24.4 Å². The Balaban J connectivity index is 1.58. The highest BCUT2D eigenvalue weighted by molar-refractivity contribution is 7.71. The van der Waals surface area contributed by atoms with Gasteiger partial charge in [0, 0.05) is 25.7 Å². The van der Waals surface area contributed by atoms with E-state index in [4.69, 9.17) is 12.2 Å². The van der Waals surface area contributed by atoms with Gasteiger partial charge in [0.2, 0.25) is 0 Å². The standard InChI is InChI=1S/C14H18N4S/c19-14-16-15-11-18(14)13-6-8-17(9-7-13)10-12-4-2-1-3-5-12/h1-5,11,13H,6-10H2,(H,16,19). The Kier molecular flexibility index (Phi) is 3.75. The summed E-state index contributed by atoms with van der Waals surface area (Å²) in [6, 6.07) is 11.2. The van der Waals surface area contributed by atoms with Crippen LogP contribution in [0.4, 0.5) is 0 Å². The number of nitrogens with zero attached hydrogens (tertiary/aromatic N) is 3. The van der Waals surface area contributed by atoms with Gasteiger partial charge < -0.3 is 4.57 Å². The summed E-state index contributed by atoms with van der Waals surface area (Å²) < 4.78 is 2.83. The number of rotatable bonds is 3. The smallest absolute Gasteiger partial charge is 0.195 e. The van der Waals surface area contributed by atoms with Gasteiger partial charge in [0.1, 0.15) is 6.33 Å². The maximum absolute atomic E-state index is 5.23. The van der Waals surface area contributed by atoms with Crippen LogP contribution >= 0.6 is 12.2 Å². The maximum Gasteiger partial charge on any atom is 0.195 e. The Morgan fingerprint density at radius 2 is 1.95 bits per heavy atom. The first-order chi connectivity index (χ1) is 9.33. The number of hydrogen-bond donors (Lipinski definition) is 1. The zero-order chi connectivity index (χ0) is 13.1. The summed E-state index contributed by atoms with van der Waals surface area (Å²) in [6.45, 7) is 3.28. The lowest BCUT2D eigenvalue weighted by atomic mass is 10.0. The molecule has 1 fully saturated rings. The molecule has 0 saturated carbocycles. The number of aromatic nitrogens is 3. The van der Waals surface area contributed by atoms with Crippen LogP contribution in [0.5, 0.6) is 0 Å². The van der Waals surface area contributed by atoms with Crippen molar-refractivity contribution in [2.75, 3.05) is 13.1 Å². The fraction of sp³-hybridized carbons (Fsp3) is 0.429. The van der Waals surface area contributed by atoms with Crippen molar-refractivity contribution in [2.45, 2.75) is 25.4 Å². The van der Waals surface area contributed by atoms with E-state index in [0.29, 0.717) is 6.04 Å². The fourth-order valence-electron chi connectivity index (χ4n) is 2.71. The van der Waals surface area contributed by atoms with Crippen LogP contribution in [0.3, 0.4) is 0 Å². The molecule has 1 aromatic carbocycles. The third-order valence-corrected chi connectivity index (χ3v) is 4.08. The molecule has 1 aromatic heterocycles. The maximum atomic E-state index is 5.23. The normalized spacial score (nSPS) is 17.7. The third-order valence-electron chi connectivity index (χ3n) is 3.78. The lowest BCUT2D eigenvalue weighted by Gasteiger charge is -2.32. The monoisotopic (exact) mass is 274 g/mol. The number of benzene rings is 1. The van der Waals surface area contributed by atoms with Crippen molar-refractivity contribution in [1.82, 2.24) is 19.7 Å². The second-order valence-electron chi connectivity index (χ2n) is 5.06. The number of aromatic amines is 1. The molecule has 0 atom stereocenters. The second kappa shape index (κ2) is 5.67. The third kappa shape index (κ3) is 2.93. The van der Waals surface area contributed by atoms with Crippen molar-refractivity contribution < 1.29 is 0 Å². The number of piperidine rings is 1. The zero-order valence-corrected chi connectivity index (χ0v) is 11.6. The highest BCUT2D eigenvalue weighted by atomic mass is 32.1. The second-order valence-corrected chi connectivity index (χ2v) is 5.45. The number of nitrogens with one attached hydrogen (secondary N) is 1. The van der Waals surface area contributed by atoms with Crippen LogP contribution in [-0.2, 0) is 6.54 Å². The lowest BCUT2D eigenvalue weighted by Crippen LogP contribution is -2.34. The molecule has 2 heterocycles. The van der Waals surface area contributed by atoms with Gasteiger partial charge in [-0.2, -0.15) is 5.10 Å². The lowest BCUT2D eigenvalue weighted by molar-refractivity contribution is 0.179. The molecule has 0 aliphatic carbocycles. The molecule has 0 spiro atoms. The number of likely N-dealkylation sites (tertiary alicyclic amines) is 1. The summed E-state index contributed by atoms with van der Waals surface area (Å²) in [5.74, 6) is 0. The Hall–Kier alpha value is -1.46. The highest BCUT2D eigenvalue weighted by Crippen LogP contribution is 2.23. The van der Waals surface area contributed by atoms with Crippen molar-refractivity contribution in [3.63, 3.8) is 0 Å². The Labute approximate surface area is 118 Å². The minimum absolute atomic E-state index is 0.498. The minimum atomic E-state index is 0.498. The Morgan fingerprint density at radius 1 is 1.21 bits per heavy atom. The molecule has 2 aromatic rings. The van der Waals surface area contributed by atoms with Gasteiger partial charge in [0.25, 0.3) is 0 Å². The van der Waals surface area contributed by atoms with Crippen LogP contribution in [0, 0.1) is 4.77 Å². The van der Waals surface area contributed by atoms with E-state index in [2.05, 4.69) is 50.0 Å². The highest BCUT2D eigenvalue weighted by Gasteiger charge is 2.20. The van der Waals surface area contributed by atoms with Crippen molar-refractivity contribution in [3.8, 4) is 0 Å². The van der Waals surface area contributed by atoms with E-state index in [1.807, 2.05) is 6.33 Å². The van der Waals surface area contributed by atoms with Gasteiger partial charge in [-0.1, -0.05) is 30.3 Å². The predicted octanol–water partition coefficient (Wildman–Crippen LogP) is 2.78. The predicted molar refractivity (Wildman–Crippen MR) is 77.4 cm³/mol. The van der Waals surface area contributed by atoms with Crippen LogP contribution < -0.4 is 0 Å². The van der Waals surface area contributed by atoms with E-state index in [1.54, 1.807) is 0 Å². The van der Waals surface area contributed by atoms with E-state index in [9.17, 15) is 0 Å². The van der Waals surface area contributed by atoms with Crippen molar-refractivity contribution in [2.24, 2.45) is 0 Å². The van der Waals surface area contributed by atoms with Gasteiger partial charge in [0.05, 0.1) is 0 Å². The van der Waals surface area contributed by atoms with Crippen molar-refractivity contribution in [3.05, 3.63) is 47.0 Å². The van der Waals surface area contributed by atoms with Crippen LogP contribution in [0.15, 0.2) is 36.7 Å². The molecular weight excluding hydrogens is 256 g/mol. The largest absolute Gasteiger partial charge is 0.304 e. The molecular formula is C14H18N4S. The average Bonchev–Trinajstić information content (AvgIpc) is 2.87. The first kappa shape index (κ1) is 12.6. The fourth-order valence-corrected chi connectivity index (χ4v) is 2.96. The van der Waals surface area contributed by atoms with E-state index in [0.717, 1.165) is 37.2 Å². The van der Waals surface area contributed by atoms with Crippen LogP contribution in [0.2, 0.25) is 0 Å². The summed E-state index contributed by atoms with van der Waals surface area (Å²) in [7, 11) is 0. The minimum Gasteiger partial charge on any atom is -0.304 e. The van der Waals surface area contributed by atoms with E-state index in [-0.39, 0.29) is 0 Å². The van der Waals surface area contributed by atoms with Gasteiger partial charge in [-0.3, -0.25) is 10.00 Å². The van der Waals surface area contributed by atoms with Gasteiger partial charge in [0.15, 0.2) is 4.77 Å². The SMILES string of the molecule is S=c1[nH]ncn1C1CCN(Cc2ccccc2)CC1. The summed E-state index contributed by atoms with van der Waals surface area (Å²) in [5, 5.41) is 6.84. The Morgan fingerprint density at radius 3 is 2.58 bits per heavy atom. The molecule has 1 aliphatic heterocycles. The van der Waals surface area contributed by atoms with E-state index >= 15 is 0 Å². The van der Waals surface area contributed by atoms with Gasteiger partial charge in [-0.05, 0) is 30.6 Å². The molecule has 0 bridgehead atoms. The van der Waals surface area contributed by atoms with Gasteiger partial charge in [-0.25, -0.2) is 0 Å². The summed E-state index contributed by atoms with van der Waals surface area (Å²) >= 11 is 5.23. The summed E-state index contributed by atoms with van der Waals surface area (Å²) in [5.41, 5.74) is 1.39. The molecule has 1 saturated heterocycles. The van der Waals surface area contributed by atoms with Gasteiger partial charge in [-0.15, -0.1) is 0 Å². The van der Waals surface area contributed by atoms with Crippen molar-refractivity contribution >= 4 is 12.2 Å². The Bertz CT molecular complexity index is 566. The van der Waals surface area contributed by atoms with Crippen molar-refractivity contribution in [1.29, 1.82) is 0 Å². The molecule has 1 N–H and O–H groups in total. The molecule has 1 aliphatic rings.